The van der Waals surface area contributed by atoms with E-state index in [1.165, 1.54) is 4.90 Å². The summed E-state index contributed by atoms with van der Waals surface area (Å²) >= 11 is 3.40. The Morgan fingerprint density at radius 2 is 1.68 bits per heavy atom. The van der Waals surface area contributed by atoms with E-state index in [1.807, 2.05) is 57.2 Å². The average molecular weight is 553 g/mol. The Balaban J connectivity index is 2.42. The maximum Gasteiger partial charge on any atom is 0.244 e. The second kappa shape index (κ2) is 11.8. The molecule has 2 atom stereocenters. The number of nitrogens with one attached hydrogen (secondary N) is 1. The quantitative estimate of drug-likeness (QED) is 0.480. The number of carbonyl (C=O) groups excluding carboxylic acids is 2. The highest BCUT2D eigenvalue weighted by molar-refractivity contribution is 9.10. The minimum Gasteiger partial charge on any atom is -0.352 e. The smallest absolute Gasteiger partial charge is 0.244 e. The zero-order valence-electron chi connectivity index (χ0n) is 20.6. The zero-order chi connectivity index (χ0) is 25.6. The van der Waals surface area contributed by atoms with E-state index in [0.717, 1.165) is 38.1 Å². The van der Waals surface area contributed by atoms with E-state index in [1.54, 1.807) is 19.9 Å². The number of hydrogen-bond acceptors (Lipinski definition) is 4. The molecule has 2 rings (SSSR count). The minimum atomic E-state index is -3.75. The van der Waals surface area contributed by atoms with Crippen LogP contribution in [0.5, 0.6) is 0 Å². The first-order valence-electron chi connectivity index (χ1n) is 11.2. The first kappa shape index (κ1) is 27.9. The molecule has 7 nitrogen and oxygen atoms in total. The number of hydrogen-bond donors (Lipinski definition) is 1. The van der Waals surface area contributed by atoms with Crippen molar-refractivity contribution in [3.05, 3.63) is 63.6 Å². The molecular formula is C25H34BrN3O4S. The molecule has 0 spiro atoms. The number of rotatable bonds is 10. The van der Waals surface area contributed by atoms with Crippen molar-refractivity contribution < 1.29 is 18.0 Å². The second-order valence-corrected chi connectivity index (χ2v) is 11.5. The number of carbonyl (C=O) groups is 2. The van der Waals surface area contributed by atoms with E-state index in [4.69, 9.17) is 0 Å². The lowest BCUT2D eigenvalue weighted by atomic mass is 10.1. The fourth-order valence-electron chi connectivity index (χ4n) is 3.42. The van der Waals surface area contributed by atoms with Gasteiger partial charge in [0.2, 0.25) is 21.8 Å². The normalized spacial score (nSPS) is 13.1. The van der Waals surface area contributed by atoms with Crippen LogP contribution in [0.4, 0.5) is 5.69 Å². The molecule has 2 aromatic rings. The third-order valence-electron chi connectivity index (χ3n) is 5.75. The number of halogens is 1. The van der Waals surface area contributed by atoms with Crippen molar-refractivity contribution in [1.29, 1.82) is 0 Å². The molecule has 0 radical (unpaired) electrons. The molecule has 0 saturated heterocycles. The first-order valence-corrected chi connectivity index (χ1v) is 13.9. The van der Waals surface area contributed by atoms with Gasteiger partial charge in [0.05, 0.1) is 11.9 Å². The van der Waals surface area contributed by atoms with Gasteiger partial charge in [0.25, 0.3) is 0 Å². The summed E-state index contributed by atoms with van der Waals surface area (Å²) in [5.41, 5.74) is 2.91. The van der Waals surface area contributed by atoms with Gasteiger partial charge in [-0.1, -0.05) is 47.1 Å². The van der Waals surface area contributed by atoms with E-state index in [2.05, 4.69) is 21.2 Å². The van der Waals surface area contributed by atoms with Gasteiger partial charge < -0.3 is 10.2 Å². The van der Waals surface area contributed by atoms with E-state index in [0.29, 0.717) is 5.69 Å². The van der Waals surface area contributed by atoms with E-state index in [9.17, 15) is 18.0 Å². The number of aryl methyl sites for hydroxylation is 2. The molecule has 0 aliphatic carbocycles. The summed E-state index contributed by atoms with van der Waals surface area (Å²) < 4.78 is 27.4. The summed E-state index contributed by atoms with van der Waals surface area (Å²) in [5, 5.41) is 2.92. The van der Waals surface area contributed by atoms with Crippen LogP contribution in [0.25, 0.3) is 0 Å². The molecule has 2 amide bonds. The summed E-state index contributed by atoms with van der Waals surface area (Å²) in [4.78, 5) is 27.9. The molecule has 0 aliphatic heterocycles. The summed E-state index contributed by atoms with van der Waals surface area (Å²) in [6.45, 7) is 8.97. The average Bonchev–Trinajstić information content (AvgIpc) is 2.77. The van der Waals surface area contributed by atoms with Crippen LogP contribution in [0.2, 0.25) is 0 Å². The van der Waals surface area contributed by atoms with Crippen LogP contribution in [0, 0.1) is 13.8 Å². The van der Waals surface area contributed by atoms with Crippen molar-refractivity contribution in [3.63, 3.8) is 0 Å². The van der Waals surface area contributed by atoms with Crippen molar-refractivity contribution in [1.82, 2.24) is 10.2 Å². The van der Waals surface area contributed by atoms with Crippen LogP contribution in [-0.4, -0.2) is 50.0 Å². The van der Waals surface area contributed by atoms with Crippen LogP contribution in [0.15, 0.2) is 46.9 Å². The van der Waals surface area contributed by atoms with Crippen molar-refractivity contribution in [2.24, 2.45) is 0 Å². The highest BCUT2D eigenvalue weighted by atomic mass is 79.9. The number of amides is 2. The lowest BCUT2D eigenvalue weighted by molar-refractivity contribution is -0.139. The van der Waals surface area contributed by atoms with Crippen LogP contribution < -0.4 is 9.62 Å². The molecule has 34 heavy (non-hydrogen) atoms. The SMILES string of the molecule is CCC(C)NC(=O)C(C)N(Cc1ccc(Br)cc1)C(=O)CN(c1cc(C)ccc1C)S(C)(=O)=O. The molecule has 9 heteroatoms. The Labute approximate surface area is 211 Å². The predicted molar refractivity (Wildman–Crippen MR) is 140 cm³/mol. The molecule has 0 aliphatic rings. The van der Waals surface area contributed by atoms with Crippen molar-refractivity contribution in [3.8, 4) is 0 Å². The molecule has 0 heterocycles. The van der Waals surface area contributed by atoms with Crippen molar-refractivity contribution >= 4 is 43.5 Å². The summed E-state index contributed by atoms with van der Waals surface area (Å²) in [6.07, 6.45) is 1.84. The number of benzene rings is 2. The summed E-state index contributed by atoms with van der Waals surface area (Å²) in [6, 6.07) is 12.1. The van der Waals surface area contributed by atoms with E-state index in [-0.39, 0.29) is 18.5 Å². The Bertz CT molecular complexity index is 1120. The first-order chi connectivity index (χ1) is 15.8. The molecule has 2 unspecified atom stereocenters. The number of sulfonamides is 1. The molecule has 0 aromatic heterocycles. The van der Waals surface area contributed by atoms with Crippen molar-refractivity contribution in [2.75, 3.05) is 17.1 Å². The predicted octanol–water partition coefficient (Wildman–Crippen LogP) is 4.16. The van der Waals surface area contributed by atoms with Gasteiger partial charge in [-0.05, 0) is 69.0 Å². The Kier molecular flexibility index (Phi) is 9.70. The molecule has 2 aromatic carbocycles. The van der Waals surface area contributed by atoms with E-state index < -0.39 is 28.5 Å². The van der Waals surface area contributed by atoms with Gasteiger partial charge in [0, 0.05) is 17.1 Å². The number of anilines is 1. The van der Waals surface area contributed by atoms with Gasteiger partial charge >= 0.3 is 0 Å². The topological polar surface area (TPSA) is 86.8 Å². The third kappa shape index (κ3) is 7.56. The van der Waals surface area contributed by atoms with Gasteiger partial charge in [-0.25, -0.2) is 8.42 Å². The molecule has 1 N–H and O–H groups in total. The summed E-state index contributed by atoms with van der Waals surface area (Å²) in [7, 11) is -3.75. The molecule has 186 valence electrons. The lowest BCUT2D eigenvalue weighted by Crippen LogP contribution is -2.52. The maximum atomic E-state index is 13.6. The fraction of sp³-hybridized carbons (Fsp3) is 0.440. The molecule has 0 fully saturated rings. The zero-order valence-corrected chi connectivity index (χ0v) is 23.0. The van der Waals surface area contributed by atoms with Gasteiger partial charge in [-0.2, -0.15) is 0 Å². The van der Waals surface area contributed by atoms with Crippen LogP contribution >= 0.6 is 15.9 Å². The lowest BCUT2D eigenvalue weighted by Gasteiger charge is -2.32. The summed E-state index contributed by atoms with van der Waals surface area (Å²) in [5.74, 6) is -0.737. The van der Waals surface area contributed by atoms with Crippen LogP contribution in [-0.2, 0) is 26.2 Å². The molecule has 0 saturated carbocycles. The highest BCUT2D eigenvalue weighted by Crippen LogP contribution is 2.24. The second-order valence-electron chi connectivity index (χ2n) is 8.70. The van der Waals surface area contributed by atoms with Gasteiger partial charge in [-0.3, -0.25) is 13.9 Å². The standard InChI is InChI=1S/C25H34BrN3O4S/c1-7-19(4)27-25(31)20(5)28(15-21-10-12-22(26)13-11-21)24(30)16-29(34(6,32)33)23-14-17(2)8-9-18(23)3/h8-14,19-20H,7,15-16H2,1-6H3,(H,27,31). The fourth-order valence-corrected chi connectivity index (χ4v) is 4.58. The molecular weight excluding hydrogens is 518 g/mol. The van der Waals surface area contributed by atoms with Crippen molar-refractivity contribution in [2.45, 2.75) is 59.7 Å². The van der Waals surface area contributed by atoms with Gasteiger partial charge in [0.15, 0.2) is 0 Å². The van der Waals surface area contributed by atoms with Gasteiger partial charge in [0.1, 0.15) is 12.6 Å². The maximum absolute atomic E-state index is 13.6. The van der Waals surface area contributed by atoms with Crippen LogP contribution in [0.3, 0.4) is 0 Å². The third-order valence-corrected chi connectivity index (χ3v) is 7.40. The Hall–Kier alpha value is -2.39. The van der Waals surface area contributed by atoms with Gasteiger partial charge in [-0.15, -0.1) is 0 Å². The highest BCUT2D eigenvalue weighted by Gasteiger charge is 2.31. The largest absolute Gasteiger partial charge is 0.352 e. The Morgan fingerprint density at radius 1 is 1.06 bits per heavy atom. The van der Waals surface area contributed by atoms with Crippen LogP contribution in [0.1, 0.15) is 43.9 Å². The minimum absolute atomic E-state index is 0.0398. The number of nitrogens with zero attached hydrogens (tertiary/aromatic N) is 2. The molecule has 0 bridgehead atoms. The Morgan fingerprint density at radius 3 is 2.24 bits per heavy atom. The monoisotopic (exact) mass is 551 g/mol. The van der Waals surface area contributed by atoms with E-state index >= 15 is 0 Å².